The number of rotatable bonds is 2. The van der Waals surface area contributed by atoms with Crippen molar-refractivity contribution in [3.63, 3.8) is 0 Å². The largest absolute Gasteiger partial charge is 0.416 e. The second-order valence-electron chi connectivity index (χ2n) is 4.44. The van der Waals surface area contributed by atoms with Gasteiger partial charge >= 0.3 is 6.18 Å². The minimum absolute atomic E-state index is 0.0762. The molecule has 0 amide bonds. The first-order chi connectivity index (χ1) is 8.80. The number of imidazole rings is 1. The molecule has 19 heavy (non-hydrogen) atoms. The highest BCUT2D eigenvalue weighted by atomic mass is 35.5. The topological polar surface area (TPSA) is 17.8 Å². The van der Waals surface area contributed by atoms with Gasteiger partial charge in [-0.25, -0.2) is 4.98 Å². The summed E-state index contributed by atoms with van der Waals surface area (Å²) in [5.41, 5.74) is -0.0707. The number of alkyl halides is 3. The second kappa shape index (κ2) is 4.89. The second-order valence-corrected chi connectivity index (χ2v) is 4.83. The zero-order valence-electron chi connectivity index (χ0n) is 10.4. The highest BCUT2D eigenvalue weighted by molar-refractivity contribution is 6.29. The van der Waals surface area contributed by atoms with Crippen LogP contribution >= 0.6 is 11.6 Å². The van der Waals surface area contributed by atoms with E-state index in [1.165, 1.54) is 18.3 Å². The third kappa shape index (κ3) is 2.76. The summed E-state index contributed by atoms with van der Waals surface area (Å²) in [6, 6.07) is 4.97. The fourth-order valence-corrected chi connectivity index (χ4v) is 2.18. The maximum absolute atomic E-state index is 12.5. The molecule has 0 aliphatic heterocycles. The van der Waals surface area contributed by atoms with E-state index in [2.05, 4.69) is 4.98 Å². The van der Waals surface area contributed by atoms with Crippen LogP contribution in [0.2, 0.25) is 5.15 Å². The number of hydrogen-bond donors (Lipinski definition) is 0. The molecular formula is C13H12ClF3N2. The van der Waals surface area contributed by atoms with Crippen LogP contribution in [0.4, 0.5) is 13.2 Å². The van der Waals surface area contributed by atoms with Gasteiger partial charge in [0.1, 0.15) is 11.0 Å². The van der Waals surface area contributed by atoms with Gasteiger partial charge in [-0.1, -0.05) is 23.7 Å². The predicted octanol–water partition coefficient (Wildman–Crippen LogP) is 4.80. The van der Waals surface area contributed by atoms with E-state index in [-0.39, 0.29) is 6.04 Å². The van der Waals surface area contributed by atoms with Crippen molar-refractivity contribution < 1.29 is 13.2 Å². The molecule has 102 valence electrons. The van der Waals surface area contributed by atoms with E-state index in [1.807, 2.05) is 13.8 Å². The summed E-state index contributed by atoms with van der Waals surface area (Å²) in [6.45, 7) is 3.86. The molecule has 1 aromatic carbocycles. The maximum Gasteiger partial charge on any atom is 0.416 e. The Morgan fingerprint density at radius 3 is 2.21 bits per heavy atom. The van der Waals surface area contributed by atoms with Gasteiger partial charge in [-0.3, -0.25) is 0 Å². The first-order valence-electron chi connectivity index (χ1n) is 5.71. The number of nitrogens with zero attached hydrogens (tertiary/aromatic N) is 2. The van der Waals surface area contributed by atoms with Crippen LogP contribution in [0.15, 0.2) is 30.5 Å². The molecule has 0 radical (unpaired) electrons. The van der Waals surface area contributed by atoms with Gasteiger partial charge in [0.2, 0.25) is 0 Å². The van der Waals surface area contributed by atoms with E-state index in [4.69, 9.17) is 11.6 Å². The summed E-state index contributed by atoms with van der Waals surface area (Å²) in [6.07, 6.45) is -2.84. The molecular weight excluding hydrogens is 277 g/mol. The summed E-state index contributed by atoms with van der Waals surface area (Å²) < 4.78 is 39.2. The molecule has 2 aromatic rings. The molecule has 0 spiro atoms. The van der Waals surface area contributed by atoms with Gasteiger partial charge in [0.15, 0.2) is 0 Å². The third-order valence-electron chi connectivity index (χ3n) is 2.74. The van der Waals surface area contributed by atoms with Crippen molar-refractivity contribution in [2.24, 2.45) is 0 Å². The fraction of sp³-hybridized carbons (Fsp3) is 0.308. The minimum Gasteiger partial charge on any atom is -0.313 e. The van der Waals surface area contributed by atoms with Crippen LogP contribution < -0.4 is 0 Å². The summed E-state index contributed by atoms with van der Waals surface area (Å²) in [5.74, 6) is 0.564. The molecule has 0 N–H and O–H groups in total. The standard InChI is InChI=1S/C13H12ClF3N2/c1-8(2)19-11(14)7-18-12(19)9-3-5-10(6-4-9)13(15,16)17/h3-8H,1-2H3. The Bertz CT molecular complexity index is 571. The van der Waals surface area contributed by atoms with Crippen molar-refractivity contribution in [1.29, 1.82) is 0 Å². The van der Waals surface area contributed by atoms with Crippen LogP contribution in [-0.4, -0.2) is 9.55 Å². The Balaban J connectivity index is 2.44. The van der Waals surface area contributed by atoms with E-state index in [0.717, 1.165) is 12.1 Å². The van der Waals surface area contributed by atoms with Crippen LogP contribution in [0.3, 0.4) is 0 Å². The maximum atomic E-state index is 12.5. The Kier molecular flexibility index (Phi) is 3.58. The van der Waals surface area contributed by atoms with Crippen LogP contribution in [0.1, 0.15) is 25.5 Å². The van der Waals surface area contributed by atoms with Crippen LogP contribution in [-0.2, 0) is 6.18 Å². The summed E-state index contributed by atoms with van der Waals surface area (Å²) in [5, 5.41) is 0.463. The lowest BCUT2D eigenvalue weighted by Gasteiger charge is -2.13. The molecule has 0 atom stereocenters. The van der Waals surface area contributed by atoms with Gasteiger partial charge in [0.25, 0.3) is 0 Å². The SMILES string of the molecule is CC(C)n1c(Cl)cnc1-c1ccc(C(F)(F)F)cc1. The summed E-state index contributed by atoms with van der Waals surface area (Å²) in [4.78, 5) is 4.15. The molecule has 0 saturated carbocycles. The van der Waals surface area contributed by atoms with E-state index in [1.54, 1.807) is 4.57 Å². The monoisotopic (exact) mass is 288 g/mol. The van der Waals surface area contributed by atoms with Crippen molar-refractivity contribution in [2.75, 3.05) is 0 Å². The van der Waals surface area contributed by atoms with Gasteiger partial charge in [0, 0.05) is 11.6 Å². The molecule has 0 saturated heterocycles. The lowest BCUT2D eigenvalue weighted by Crippen LogP contribution is -2.05. The number of halogens is 4. The third-order valence-corrected chi connectivity index (χ3v) is 3.02. The van der Waals surface area contributed by atoms with Crippen molar-refractivity contribution in [2.45, 2.75) is 26.1 Å². The molecule has 0 bridgehead atoms. The smallest absolute Gasteiger partial charge is 0.313 e. The highest BCUT2D eigenvalue weighted by Crippen LogP contribution is 2.32. The van der Waals surface area contributed by atoms with Gasteiger partial charge in [-0.05, 0) is 26.0 Å². The molecule has 1 heterocycles. The summed E-state index contributed by atoms with van der Waals surface area (Å²) >= 11 is 6.01. The average Bonchev–Trinajstić information content (AvgIpc) is 2.70. The molecule has 0 fully saturated rings. The Labute approximate surface area is 113 Å². The van der Waals surface area contributed by atoms with Gasteiger partial charge in [0.05, 0.1) is 11.8 Å². The quantitative estimate of drug-likeness (QED) is 0.776. The Hall–Kier alpha value is -1.49. The zero-order valence-corrected chi connectivity index (χ0v) is 11.1. The predicted molar refractivity (Wildman–Crippen MR) is 68.1 cm³/mol. The molecule has 0 aliphatic rings. The van der Waals surface area contributed by atoms with E-state index in [0.29, 0.717) is 16.5 Å². The number of aromatic nitrogens is 2. The lowest BCUT2D eigenvalue weighted by atomic mass is 10.1. The fourth-order valence-electron chi connectivity index (χ4n) is 1.85. The van der Waals surface area contributed by atoms with Crippen molar-refractivity contribution >= 4 is 11.6 Å². The first kappa shape index (κ1) is 13.9. The van der Waals surface area contributed by atoms with Gasteiger partial charge < -0.3 is 4.57 Å². The molecule has 6 heteroatoms. The molecule has 0 aliphatic carbocycles. The lowest BCUT2D eigenvalue weighted by molar-refractivity contribution is -0.137. The summed E-state index contributed by atoms with van der Waals surface area (Å²) in [7, 11) is 0. The normalized spacial score (nSPS) is 12.2. The van der Waals surface area contributed by atoms with Crippen LogP contribution in [0.25, 0.3) is 11.4 Å². The molecule has 2 nitrogen and oxygen atoms in total. The van der Waals surface area contributed by atoms with Crippen molar-refractivity contribution in [3.8, 4) is 11.4 Å². The van der Waals surface area contributed by atoms with Crippen molar-refractivity contribution in [3.05, 3.63) is 41.2 Å². The number of benzene rings is 1. The first-order valence-corrected chi connectivity index (χ1v) is 6.09. The van der Waals surface area contributed by atoms with E-state index >= 15 is 0 Å². The number of hydrogen-bond acceptors (Lipinski definition) is 1. The van der Waals surface area contributed by atoms with Gasteiger partial charge in [-0.2, -0.15) is 13.2 Å². The van der Waals surface area contributed by atoms with Crippen molar-refractivity contribution in [1.82, 2.24) is 9.55 Å². The minimum atomic E-state index is -4.33. The Morgan fingerprint density at radius 1 is 1.16 bits per heavy atom. The Morgan fingerprint density at radius 2 is 1.74 bits per heavy atom. The van der Waals surface area contributed by atoms with Crippen LogP contribution in [0, 0.1) is 0 Å². The molecule has 0 unspecified atom stereocenters. The van der Waals surface area contributed by atoms with E-state index in [9.17, 15) is 13.2 Å². The van der Waals surface area contributed by atoms with Gasteiger partial charge in [-0.15, -0.1) is 0 Å². The average molecular weight is 289 g/mol. The van der Waals surface area contributed by atoms with E-state index < -0.39 is 11.7 Å². The highest BCUT2D eigenvalue weighted by Gasteiger charge is 2.30. The molecule has 2 rings (SSSR count). The van der Waals surface area contributed by atoms with Crippen LogP contribution in [0.5, 0.6) is 0 Å². The zero-order chi connectivity index (χ0) is 14.2. The molecule has 1 aromatic heterocycles.